The van der Waals surface area contributed by atoms with E-state index in [-0.39, 0.29) is 49.7 Å². The average molecular weight is 602 g/mol. The molecule has 4 N–H and O–H groups in total. The summed E-state index contributed by atoms with van der Waals surface area (Å²) in [5.74, 6) is -0.227. The second-order valence-electron chi connectivity index (χ2n) is 11.2. The summed E-state index contributed by atoms with van der Waals surface area (Å²) in [7, 11) is 1.65. The summed E-state index contributed by atoms with van der Waals surface area (Å²) in [6, 6.07) is 9.91. The van der Waals surface area contributed by atoms with E-state index in [1.54, 1.807) is 40.9 Å². The maximum Gasteiger partial charge on any atom is 0.332 e. The number of thiazole rings is 1. The third-order valence-corrected chi connectivity index (χ3v) is 9.18. The lowest BCUT2D eigenvalue weighted by Crippen LogP contribution is -2.65. The molecule has 1 aliphatic carbocycles. The third-order valence-electron chi connectivity index (χ3n) is 8.33. The monoisotopic (exact) mass is 601 g/mol. The molecule has 2 aliphatic heterocycles. The van der Waals surface area contributed by atoms with Crippen molar-refractivity contribution in [1.82, 2.24) is 30.1 Å². The summed E-state index contributed by atoms with van der Waals surface area (Å²) >= 11 is 1.39. The molecule has 43 heavy (non-hydrogen) atoms. The van der Waals surface area contributed by atoms with Crippen LogP contribution in [0.15, 0.2) is 60.2 Å². The first kappa shape index (κ1) is 28.7. The van der Waals surface area contributed by atoms with E-state index in [1.165, 1.54) is 16.3 Å². The standard InChI is InChI=1S/C31H35N7O4S/c1-19-13-21(11-12-24(19)39)14-23-29(41)36(16-22-9-6-10-25-28(22)34-30(32)43-25)17-26-37(18-27(40)38(23)26)35(2)31(42)33-15-20-7-4-3-5-8-20/h4,6-13,23,26,39H,3,5,14-18H2,1-2H3,(H2,32,34)(H,33,42)/t23-,26+/m0/s1. The number of benzene rings is 2. The second-order valence-corrected chi connectivity index (χ2v) is 12.3. The fourth-order valence-corrected chi connectivity index (χ4v) is 6.86. The summed E-state index contributed by atoms with van der Waals surface area (Å²) in [6.45, 7) is 2.67. The van der Waals surface area contributed by atoms with Crippen LogP contribution in [0, 0.1) is 6.92 Å². The van der Waals surface area contributed by atoms with E-state index < -0.39 is 12.2 Å². The lowest BCUT2D eigenvalue weighted by Gasteiger charge is -2.45. The molecule has 0 saturated carbocycles. The molecule has 3 heterocycles. The van der Waals surface area contributed by atoms with Crippen LogP contribution < -0.4 is 11.1 Å². The van der Waals surface area contributed by atoms with Gasteiger partial charge in [0.05, 0.1) is 23.3 Å². The number of phenols is 1. The molecule has 2 saturated heterocycles. The Morgan fingerprint density at radius 1 is 1.23 bits per heavy atom. The van der Waals surface area contributed by atoms with E-state index in [0.717, 1.165) is 39.8 Å². The molecular formula is C31H35N7O4S. The highest BCUT2D eigenvalue weighted by Crippen LogP contribution is 2.32. The topological polar surface area (TPSA) is 135 Å². The highest BCUT2D eigenvalue weighted by molar-refractivity contribution is 7.22. The van der Waals surface area contributed by atoms with Gasteiger partial charge in [-0.2, -0.15) is 5.01 Å². The number of aryl methyl sites for hydroxylation is 1. The number of aromatic nitrogens is 1. The zero-order chi connectivity index (χ0) is 30.2. The first-order valence-corrected chi connectivity index (χ1v) is 15.2. The Labute approximate surface area is 253 Å². The molecule has 0 radical (unpaired) electrons. The van der Waals surface area contributed by atoms with E-state index in [4.69, 9.17) is 5.73 Å². The van der Waals surface area contributed by atoms with Crippen LogP contribution in [0.1, 0.15) is 29.5 Å². The number of para-hydroxylation sites is 1. The van der Waals surface area contributed by atoms with Crippen LogP contribution in [0.5, 0.6) is 5.75 Å². The number of nitrogens with zero attached hydrogens (tertiary/aromatic N) is 5. The van der Waals surface area contributed by atoms with Crippen molar-refractivity contribution < 1.29 is 19.5 Å². The molecule has 0 bridgehead atoms. The van der Waals surface area contributed by atoms with E-state index in [1.807, 2.05) is 30.3 Å². The van der Waals surface area contributed by atoms with Crippen molar-refractivity contribution in [3.63, 3.8) is 0 Å². The minimum atomic E-state index is -0.783. The Kier molecular flexibility index (Phi) is 7.80. The van der Waals surface area contributed by atoms with Crippen LogP contribution in [-0.2, 0) is 22.6 Å². The van der Waals surface area contributed by atoms with Crippen molar-refractivity contribution in [2.24, 2.45) is 0 Å². The number of carbonyl (C=O) groups excluding carboxylic acids is 3. The average Bonchev–Trinajstić information content (AvgIpc) is 3.55. The van der Waals surface area contributed by atoms with Gasteiger partial charge >= 0.3 is 6.03 Å². The number of allylic oxidation sites excluding steroid dienone is 2. The number of urea groups is 1. The summed E-state index contributed by atoms with van der Waals surface area (Å²) in [5.41, 5.74) is 10.2. The fraction of sp³-hybridized carbons (Fsp3) is 0.355. The molecule has 12 heteroatoms. The number of nitrogen functional groups attached to an aromatic ring is 1. The lowest BCUT2D eigenvalue weighted by molar-refractivity contribution is -0.157. The first-order chi connectivity index (χ1) is 20.7. The Morgan fingerprint density at radius 3 is 2.84 bits per heavy atom. The predicted octanol–water partition coefficient (Wildman–Crippen LogP) is 3.15. The molecule has 2 aromatic carbocycles. The van der Waals surface area contributed by atoms with Crippen molar-refractivity contribution in [1.29, 1.82) is 0 Å². The Bertz CT molecular complexity index is 1650. The Hall–Kier alpha value is -4.42. The lowest BCUT2D eigenvalue weighted by atomic mass is 9.98. The van der Waals surface area contributed by atoms with Gasteiger partial charge in [-0.05, 0) is 54.2 Å². The predicted molar refractivity (Wildman–Crippen MR) is 165 cm³/mol. The number of hydrogen-bond donors (Lipinski definition) is 3. The number of hydrazine groups is 1. The van der Waals surface area contributed by atoms with Gasteiger partial charge in [0.2, 0.25) is 11.8 Å². The molecular weight excluding hydrogens is 566 g/mol. The van der Waals surface area contributed by atoms with Crippen LogP contribution in [0.4, 0.5) is 9.93 Å². The highest BCUT2D eigenvalue weighted by atomic mass is 32.1. The minimum Gasteiger partial charge on any atom is -0.508 e. The molecule has 11 nitrogen and oxygen atoms in total. The second kappa shape index (κ2) is 11.7. The molecule has 0 spiro atoms. The third kappa shape index (κ3) is 5.67. The number of aromatic hydroxyl groups is 1. The summed E-state index contributed by atoms with van der Waals surface area (Å²) in [5, 5.41) is 16.7. The molecule has 2 fully saturated rings. The fourth-order valence-electron chi connectivity index (χ4n) is 6.08. The van der Waals surface area contributed by atoms with Gasteiger partial charge in [0.1, 0.15) is 18.0 Å². The van der Waals surface area contributed by atoms with Crippen LogP contribution in [0.3, 0.4) is 0 Å². The molecule has 2 atom stereocenters. The van der Waals surface area contributed by atoms with Gasteiger partial charge in [-0.1, -0.05) is 53.8 Å². The van der Waals surface area contributed by atoms with Crippen molar-refractivity contribution in [3.8, 4) is 5.75 Å². The number of piperazine rings is 1. The summed E-state index contributed by atoms with van der Waals surface area (Å²) in [6.07, 6.45) is 7.89. The molecule has 3 aliphatic rings. The molecule has 0 unspecified atom stereocenters. The number of nitrogens with one attached hydrogen (secondary N) is 1. The van der Waals surface area contributed by atoms with Crippen molar-refractivity contribution in [2.75, 3.05) is 32.4 Å². The maximum atomic E-state index is 14.1. The van der Waals surface area contributed by atoms with Crippen LogP contribution in [0.25, 0.3) is 10.2 Å². The van der Waals surface area contributed by atoms with Crippen molar-refractivity contribution in [2.45, 2.75) is 44.9 Å². The van der Waals surface area contributed by atoms with Crippen LogP contribution >= 0.6 is 11.3 Å². The number of fused-ring (bicyclic) bond motifs is 2. The summed E-state index contributed by atoms with van der Waals surface area (Å²) in [4.78, 5) is 48.8. The first-order valence-electron chi connectivity index (χ1n) is 14.4. The van der Waals surface area contributed by atoms with E-state index in [9.17, 15) is 19.5 Å². The minimum absolute atomic E-state index is 0.0262. The van der Waals surface area contributed by atoms with Crippen molar-refractivity contribution in [3.05, 3.63) is 76.9 Å². The van der Waals surface area contributed by atoms with Gasteiger partial charge in [0.25, 0.3) is 0 Å². The van der Waals surface area contributed by atoms with E-state index in [0.29, 0.717) is 17.2 Å². The highest BCUT2D eigenvalue weighted by Gasteiger charge is 2.51. The van der Waals surface area contributed by atoms with Crippen LogP contribution in [0.2, 0.25) is 0 Å². The summed E-state index contributed by atoms with van der Waals surface area (Å²) < 4.78 is 0.939. The van der Waals surface area contributed by atoms with Gasteiger partial charge in [-0.25, -0.2) is 9.78 Å². The van der Waals surface area contributed by atoms with Gasteiger partial charge in [-0.15, -0.1) is 0 Å². The molecule has 1 aromatic heterocycles. The van der Waals surface area contributed by atoms with Gasteiger partial charge in [-0.3, -0.25) is 14.6 Å². The number of phenolic OH excluding ortho intramolecular Hbond substituents is 1. The number of carbonyl (C=O) groups is 3. The molecule has 4 amide bonds. The van der Waals surface area contributed by atoms with E-state index >= 15 is 0 Å². The van der Waals surface area contributed by atoms with E-state index in [2.05, 4.69) is 22.5 Å². The van der Waals surface area contributed by atoms with Crippen LogP contribution in [-0.4, -0.2) is 86.6 Å². The van der Waals surface area contributed by atoms with Crippen molar-refractivity contribution >= 4 is 44.5 Å². The molecule has 224 valence electrons. The number of rotatable bonds is 7. The van der Waals surface area contributed by atoms with Gasteiger partial charge in [0.15, 0.2) is 5.13 Å². The normalized spacial score (nSPS) is 20.5. The zero-order valence-corrected chi connectivity index (χ0v) is 25.0. The SMILES string of the molecule is Cc1cc(C[C@H]2C(=O)N(Cc3cccc4sc(N)nc34)C[C@H]3N2C(=O)CN3N(C)C(=O)NCC2=CCCC=C2)ccc1O. The number of hydrogen-bond acceptors (Lipinski definition) is 8. The maximum absolute atomic E-state index is 14.1. The Morgan fingerprint density at radius 2 is 2.07 bits per heavy atom. The zero-order valence-electron chi connectivity index (χ0n) is 24.2. The van der Waals surface area contributed by atoms with Gasteiger partial charge < -0.3 is 26.0 Å². The quantitative estimate of drug-likeness (QED) is 0.379. The largest absolute Gasteiger partial charge is 0.508 e. The number of amides is 4. The molecule has 3 aromatic rings. The van der Waals surface area contributed by atoms with Gasteiger partial charge in [0, 0.05) is 26.6 Å². The number of anilines is 1. The Balaban J connectivity index is 1.29. The smallest absolute Gasteiger partial charge is 0.332 e. The molecule has 6 rings (SSSR count). The number of nitrogens with two attached hydrogens (primary N) is 1.